The predicted molar refractivity (Wildman–Crippen MR) is 49.8 cm³/mol. The molecule has 2 aliphatic rings. The van der Waals surface area contributed by atoms with E-state index in [-0.39, 0.29) is 11.5 Å². The van der Waals surface area contributed by atoms with E-state index in [4.69, 9.17) is 0 Å². The summed E-state index contributed by atoms with van der Waals surface area (Å²) in [4.78, 5) is 0. The number of rotatable bonds is 0. The molecular formula is C11H20O. The van der Waals surface area contributed by atoms with Gasteiger partial charge in [-0.15, -0.1) is 0 Å². The summed E-state index contributed by atoms with van der Waals surface area (Å²) in [6.45, 7) is 9.08. The van der Waals surface area contributed by atoms with Gasteiger partial charge in [-0.1, -0.05) is 27.7 Å². The highest BCUT2D eigenvalue weighted by atomic mass is 16.3. The van der Waals surface area contributed by atoms with E-state index in [1.54, 1.807) is 0 Å². The minimum atomic E-state index is -0.0690. The zero-order valence-corrected chi connectivity index (χ0v) is 8.59. The van der Waals surface area contributed by atoms with Crippen molar-refractivity contribution in [3.8, 4) is 0 Å². The van der Waals surface area contributed by atoms with Crippen LogP contribution in [0.5, 0.6) is 0 Å². The molecule has 2 fully saturated rings. The zero-order chi connectivity index (χ0) is 9.15. The van der Waals surface area contributed by atoms with E-state index < -0.39 is 0 Å². The Bertz CT molecular complexity index is 205. The summed E-state index contributed by atoms with van der Waals surface area (Å²) in [7, 11) is 0. The van der Waals surface area contributed by atoms with Gasteiger partial charge in [-0.25, -0.2) is 0 Å². The van der Waals surface area contributed by atoms with E-state index in [9.17, 15) is 5.11 Å². The van der Waals surface area contributed by atoms with Crippen LogP contribution in [0.15, 0.2) is 0 Å². The normalized spacial score (nSPS) is 48.2. The van der Waals surface area contributed by atoms with Gasteiger partial charge in [-0.3, -0.25) is 0 Å². The predicted octanol–water partition coefficient (Wildman–Crippen LogP) is 2.44. The van der Waals surface area contributed by atoms with Crippen molar-refractivity contribution in [2.24, 2.45) is 22.7 Å². The Morgan fingerprint density at radius 2 is 1.67 bits per heavy atom. The van der Waals surface area contributed by atoms with Crippen LogP contribution in [-0.2, 0) is 0 Å². The number of fused-ring (bicyclic) bond motifs is 1. The van der Waals surface area contributed by atoms with Crippen LogP contribution in [0.2, 0.25) is 0 Å². The maximum Gasteiger partial charge on any atom is 0.0594 e. The Balaban J connectivity index is 2.14. The molecule has 0 aromatic rings. The van der Waals surface area contributed by atoms with Crippen LogP contribution >= 0.6 is 0 Å². The standard InChI is InChI=1S/C11H20O/c1-10(2)6-8-7(5-9(10)12)11(8,3)4/h7-9,12H,5-6H2,1-4H3/t7-,8+,9-/m1/s1. The maximum absolute atomic E-state index is 9.87. The fourth-order valence-electron chi connectivity index (χ4n) is 2.99. The van der Waals surface area contributed by atoms with Gasteiger partial charge in [0.1, 0.15) is 0 Å². The molecule has 0 spiro atoms. The van der Waals surface area contributed by atoms with Crippen LogP contribution in [0.4, 0.5) is 0 Å². The summed E-state index contributed by atoms with van der Waals surface area (Å²) in [6.07, 6.45) is 2.18. The lowest BCUT2D eigenvalue weighted by Gasteiger charge is -2.34. The Hall–Kier alpha value is -0.0400. The lowest BCUT2D eigenvalue weighted by atomic mass is 9.75. The van der Waals surface area contributed by atoms with Crippen LogP contribution < -0.4 is 0 Å². The van der Waals surface area contributed by atoms with E-state index in [2.05, 4.69) is 27.7 Å². The van der Waals surface area contributed by atoms with Gasteiger partial charge in [0, 0.05) is 0 Å². The quantitative estimate of drug-likeness (QED) is 0.589. The lowest BCUT2D eigenvalue weighted by molar-refractivity contribution is 0.00931. The van der Waals surface area contributed by atoms with Crippen molar-refractivity contribution in [3.63, 3.8) is 0 Å². The molecule has 0 aromatic heterocycles. The molecule has 0 aliphatic heterocycles. The molecule has 2 aliphatic carbocycles. The van der Waals surface area contributed by atoms with Crippen molar-refractivity contribution >= 4 is 0 Å². The first kappa shape index (κ1) is 8.55. The smallest absolute Gasteiger partial charge is 0.0594 e. The third-order valence-electron chi connectivity index (χ3n) is 4.41. The first-order chi connectivity index (χ1) is 5.36. The molecule has 3 atom stereocenters. The molecule has 0 bridgehead atoms. The molecule has 12 heavy (non-hydrogen) atoms. The molecule has 0 unspecified atom stereocenters. The van der Waals surface area contributed by atoms with Crippen molar-refractivity contribution in [2.75, 3.05) is 0 Å². The number of hydrogen-bond donors (Lipinski definition) is 1. The van der Waals surface area contributed by atoms with Gasteiger partial charge in [0.15, 0.2) is 0 Å². The minimum Gasteiger partial charge on any atom is -0.393 e. The van der Waals surface area contributed by atoms with E-state index in [1.807, 2.05) is 0 Å². The van der Waals surface area contributed by atoms with Gasteiger partial charge in [-0.2, -0.15) is 0 Å². The van der Waals surface area contributed by atoms with Crippen molar-refractivity contribution in [2.45, 2.75) is 46.6 Å². The molecule has 0 amide bonds. The SMILES string of the molecule is CC1(C)C[C@H]2[C@@H](C[C@H]1O)C2(C)C. The van der Waals surface area contributed by atoms with Crippen molar-refractivity contribution in [3.05, 3.63) is 0 Å². The first-order valence-electron chi connectivity index (χ1n) is 5.04. The topological polar surface area (TPSA) is 20.2 Å². The molecule has 0 radical (unpaired) electrons. The largest absolute Gasteiger partial charge is 0.393 e. The maximum atomic E-state index is 9.87. The Morgan fingerprint density at radius 3 is 2.17 bits per heavy atom. The number of hydrogen-bond acceptors (Lipinski definition) is 1. The fraction of sp³-hybridized carbons (Fsp3) is 1.00. The highest BCUT2D eigenvalue weighted by Gasteiger charge is 2.62. The average Bonchev–Trinajstić information content (AvgIpc) is 2.37. The second-order valence-corrected chi connectivity index (χ2v) is 5.98. The zero-order valence-electron chi connectivity index (χ0n) is 8.59. The highest BCUT2D eigenvalue weighted by molar-refractivity contribution is 5.11. The second-order valence-electron chi connectivity index (χ2n) is 5.98. The molecule has 0 aromatic carbocycles. The molecule has 1 nitrogen and oxygen atoms in total. The minimum absolute atomic E-state index is 0.0690. The first-order valence-corrected chi connectivity index (χ1v) is 5.04. The summed E-state index contributed by atoms with van der Waals surface area (Å²) in [5.74, 6) is 1.69. The molecular weight excluding hydrogens is 148 g/mol. The van der Waals surface area contributed by atoms with Crippen molar-refractivity contribution in [1.29, 1.82) is 0 Å². The van der Waals surface area contributed by atoms with Crippen LogP contribution in [0.25, 0.3) is 0 Å². The monoisotopic (exact) mass is 168 g/mol. The highest BCUT2D eigenvalue weighted by Crippen LogP contribution is 2.67. The molecule has 2 rings (SSSR count). The van der Waals surface area contributed by atoms with Crippen LogP contribution in [0.3, 0.4) is 0 Å². The van der Waals surface area contributed by atoms with Crippen LogP contribution in [0, 0.1) is 22.7 Å². The van der Waals surface area contributed by atoms with Gasteiger partial charge in [0.25, 0.3) is 0 Å². The summed E-state index contributed by atoms with van der Waals surface area (Å²) in [5.41, 5.74) is 0.684. The molecule has 2 saturated carbocycles. The van der Waals surface area contributed by atoms with Crippen molar-refractivity contribution in [1.82, 2.24) is 0 Å². The van der Waals surface area contributed by atoms with Crippen LogP contribution in [-0.4, -0.2) is 11.2 Å². The Kier molecular flexibility index (Phi) is 1.47. The second kappa shape index (κ2) is 2.06. The summed E-state index contributed by atoms with van der Waals surface area (Å²) < 4.78 is 0. The summed E-state index contributed by atoms with van der Waals surface area (Å²) in [5, 5.41) is 9.87. The Morgan fingerprint density at radius 1 is 1.08 bits per heavy atom. The van der Waals surface area contributed by atoms with Gasteiger partial charge < -0.3 is 5.11 Å². The average molecular weight is 168 g/mol. The van der Waals surface area contributed by atoms with Gasteiger partial charge in [-0.05, 0) is 35.5 Å². The van der Waals surface area contributed by atoms with E-state index >= 15 is 0 Å². The Labute approximate surface area is 75.2 Å². The third kappa shape index (κ3) is 0.953. The lowest BCUT2D eigenvalue weighted by Crippen LogP contribution is -2.33. The molecule has 70 valence electrons. The van der Waals surface area contributed by atoms with Gasteiger partial charge in [0.2, 0.25) is 0 Å². The molecule has 0 saturated heterocycles. The van der Waals surface area contributed by atoms with E-state index in [1.165, 1.54) is 6.42 Å². The number of aliphatic hydroxyl groups excluding tert-OH is 1. The van der Waals surface area contributed by atoms with Crippen molar-refractivity contribution < 1.29 is 5.11 Å². The summed E-state index contributed by atoms with van der Waals surface area (Å²) >= 11 is 0. The summed E-state index contributed by atoms with van der Waals surface area (Å²) in [6, 6.07) is 0. The van der Waals surface area contributed by atoms with Crippen LogP contribution in [0.1, 0.15) is 40.5 Å². The van der Waals surface area contributed by atoms with E-state index in [0.29, 0.717) is 5.41 Å². The number of aliphatic hydroxyl groups is 1. The molecule has 1 heteroatoms. The molecule has 1 N–H and O–H groups in total. The third-order valence-corrected chi connectivity index (χ3v) is 4.41. The molecule has 0 heterocycles. The van der Waals surface area contributed by atoms with E-state index in [0.717, 1.165) is 18.3 Å². The van der Waals surface area contributed by atoms with Gasteiger partial charge in [0.05, 0.1) is 6.10 Å². The van der Waals surface area contributed by atoms with Gasteiger partial charge >= 0.3 is 0 Å². The fourth-order valence-corrected chi connectivity index (χ4v) is 2.99.